The van der Waals surface area contributed by atoms with Crippen molar-refractivity contribution in [1.29, 1.82) is 0 Å². The van der Waals surface area contributed by atoms with Gasteiger partial charge >= 0.3 is 0 Å². The molecule has 0 saturated carbocycles. The van der Waals surface area contributed by atoms with Crippen LogP contribution >= 0.6 is 0 Å². The van der Waals surface area contributed by atoms with Crippen molar-refractivity contribution in [2.45, 2.75) is 0 Å². The Hall–Kier alpha value is -12.1. The highest BCUT2D eigenvalue weighted by atomic mass is 15.2. The summed E-state index contributed by atoms with van der Waals surface area (Å²) in [6.45, 7) is 0. The first kappa shape index (κ1) is 50.2. The predicted molar refractivity (Wildman–Crippen MR) is 368 cm³/mol. The zero-order valence-corrected chi connectivity index (χ0v) is 48.1. The number of nitrogens with zero attached hydrogens (tertiary/aromatic N) is 8. The van der Waals surface area contributed by atoms with Crippen LogP contribution in [0.1, 0.15) is 0 Å². The normalized spacial score (nSPS) is 11.8. The number of hydrogen-bond acceptors (Lipinski definition) is 4. The van der Waals surface area contributed by atoms with Gasteiger partial charge in [0.15, 0.2) is 17.5 Å². The first-order chi connectivity index (χ1) is 44.2. The van der Waals surface area contributed by atoms with E-state index in [0.29, 0.717) is 17.5 Å². The van der Waals surface area contributed by atoms with Crippen LogP contribution in [0, 0.1) is 0 Å². The van der Waals surface area contributed by atoms with Gasteiger partial charge in [0.2, 0.25) is 0 Å². The van der Waals surface area contributed by atoms with E-state index in [9.17, 15) is 0 Å². The molecule has 8 nitrogen and oxygen atoms in total. The van der Waals surface area contributed by atoms with E-state index in [2.05, 4.69) is 339 Å². The quantitative estimate of drug-likeness (QED) is 0.137. The first-order valence-corrected chi connectivity index (χ1v) is 30.2. The van der Waals surface area contributed by atoms with E-state index in [1.54, 1.807) is 0 Å². The van der Waals surface area contributed by atoms with Crippen LogP contribution in [0.3, 0.4) is 0 Å². The molecule has 12 aromatic carbocycles. The fourth-order valence-corrected chi connectivity index (χ4v) is 14.0. The standard InChI is InChI=1S/C81H52N8/c1-5-27-53(28-6-1)66-52-67(54-29-7-2-8-30-54)83-79(82-66)76-77(86-68-42-20-13-35-58(68)59-36-14-21-43-69(59)86)80(88-72-46-24-17-39-62(72)63-40-18-25-47-73(63)88)84-81(78(76)87-70-44-22-15-37-60(70)61-38-16-23-45-71(61)87)89-74-48-26-19-41-64(74)65-51-57(49-50-75(65)89)85(55-31-9-3-10-32-55)56-33-11-4-12-34-56/h1-52H. The highest BCUT2D eigenvalue weighted by Crippen LogP contribution is 2.49. The molecule has 0 bridgehead atoms. The lowest BCUT2D eigenvalue weighted by Gasteiger charge is -2.27. The van der Waals surface area contributed by atoms with Gasteiger partial charge in [-0.25, -0.2) is 15.0 Å². The summed E-state index contributed by atoms with van der Waals surface area (Å²) < 4.78 is 9.72. The Morgan fingerprint density at radius 3 is 0.876 bits per heavy atom. The lowest BCUT2D eigenvalue weighted by atomic mass is 10.0. The van der Waals surface area contributed by atoms with Crippen LogP contribution in [-0.2, 0) is 0 Å². The molecule has 416 valence electrons. The number of benzene rings is 12. The Morgan fingerprint density at radius 1 is 0.225 bits per heavy atom. The Morgan fingerprint density at radius 2 is 0.517 bits per heavy atom. The predicted octanol–water partition coefficient (Wildman–Crippen LogP) is 20.7. The SMILES string of the molecule is c1ccc(-c2cc(-c3ccccc3)nc(-c3c(-n4c5ccccc5c5ccccc54)c(-n4c5ccccc5c5ccccc54)nc(-n4c5ccccc5c5cc(N(c6ccccc6)c6ccccc6)ccc54)c3-n3c4ccccc4c4ccccc43)n2)cc1. The smallest absolute Gasteiger partial charge is 0.165 e. The van der Waals surface area contributed by atoms with Crippen LogP contribution < -0.4 is 4.90 Å². The fraction of sp³-hybridized carbons (Fsp3) is 0. The van der Waals surface area contributed by atoms with E-state index < -0.39 is 0 Å². The summed E-state index contributed by atoms with van der Waals surface area (Å²) >= 11 is 0. The summed E-state index contributed by atoms with van der Waals surface area (Å²) in [5, 5.41) is 8.86. The molecule has 0 unspecified atom stereocenters. The second-order valence-electron chi connectivity index (χ2n) is 22.7. The number of rotatable bonds is 10. The van der Waals surface area contributed by atoms with Gasteiger partial charge in [0.05, 0.1) is 61.1 Å². The first-order valence-electron chi connectivity index (χ1n) is 30.2. The maximum absolute atomic E-state index is 6.52. The summed E-state index contributed by atoms with van der Waals surface area (Å²) in [7, 11) is 0. The number of para-hydroxylation sites is 9. The van der Waals surface area contributed by atoms with E-state index in [1.165, 1.54) is 0 Å². The van der Waals surface area contributed by atoms with Gasteiger partial charge in [-0.1, -0.05) is 224 Å². The number of aromatic nitrogens is 7. The van der Waals surface area contributed by atoms with Crippen LogP contribution in [-0.4, -0.2) is 33.2 Å². The molecule has 0 aliphatic rings. The van der Waals surface area contributed by atoms with E-state index >= 15 is 0 Å². The third-order valence-corrected chi connectivity index (χ3v) is 17.8. The molecule has 0 spiro atoms. The minimum absolute atomic E-state index is 0.536. The Labute approximate surface area is 511 Å². The van der Waals surface area contributed by atoms with Gasteiger partial charge in [-0.15, -0.1) is 0 Å². The molecule has 6 heterocycles. The molecular weight excluding hydrogens is 1080 g/mol. The third kappa shape index (κ3) is 7.84. The molecule has 18 aromatic rings. The van der Waals surface area contributed by atoms with Crippen molar-refractivity contribution in [2.75, 3.05) is 4.90 Å². The molecule has 0 N–H and O–H groups in total. The molecule has 0 aliphatic heterocycles. The average Bonchev–Trinajstić information content (AvgIpc) is 1.79. The summed E-state index contributed by atoms with van der Waals surface area (Å²) in [6.07, 6.45) is 0. The number of hydrogen-bond donors (Lipinski definition) is 0. The zero-order valence-electron chi connectivity index (χ0n) is 48.1. The molecule has 8 heteroatoms. The Bertz CT molecular complexity index is 5540. The van der Waals surface area contributed by atoms with E-state index in [4.69, 9.17) is 15.0 Å². The molecule has 6 aromatic heterocycles. The second-order valence-corrected chi connectivity index (χ2v) is 22.7. The van der Waals surface area contributed by atoms with E-state index in [-0.39, 0.29) is 0 Å². The van der Waals surface area contributed by atoms with Gasteiger partial charge in [0.25, 0.3) is 0 Å². The lowest BCUT2D eigenvalue weighted by molar-refractivity contribution is 0.955. The van der Waals surface area contributed by atoms with Gasteiger partial charge in [-0.3, -0.25) is 9.13 Å². The zero-order chi connectivity index (χ0) is 58.5. The molecule has 0 amide bonds. The van der Waals surface area contributed by atoms with E-state index in [1.807, 2.05) is 0 Å². The van der Waals surface area contributed by atoms with Crippen molar-refractivity contribution in [3.63, 3.8) is 0 Å². The largest absolute Gasteiger partial charge is 0.310 e. The van der Waals surface area contributed by atoms with Crippen molar-refractivity contribution in [3.05, 3.63) is 315 Å². The van der Waals surface area contributed by atoms with Crippen molar-refractivity contribution < 1.29 is 0 Å². The summed E-state index contributed by atoms with van der Waals surface area (Å²) in [5.74, 6) is 1.94. The summed E-state index contributed by atoms with van der Waals surface area (Å²) in [4.78, 5) is 20.8. The highest BCUT2D eigenvalue weighted by molar-refractivity contribution is 6.16. The maximum atomic E-state index is 6.52. The minimum atomic E-state index is 0.536. The molecule has 89 heavy (non-hydrogen) atoms. The van der Waals surface area contributed by atoms with E-state index in [0.717, 1.165) is 144 Å². The topological polar surface area (TPSA) is 61.6 Å². The third-order valence-electron chi connectivity index (χ3n) is 17.8. The van der Waals surface area contributed by atoms with Gasteiger partial charge in [0.1, 0.15) is 11.4 Å². The molecule has 0 aliphatic carbocycles. The fourth-order valence-electron chi connectivity index (χ4n) is 14.0. The molecular formula is C81H52N8. The number of fused-ring (bicyclic) bond motifs is 12. The van der Waals surface area contributed by atoms with Crippen molar-refractivity contribution in [1.82, 2.24) is 33.2 Å². The molecule has 18 rings (SSSR count). The molecule has 0 radical (unpaired) electrons. The van der Waals surface area contributed by atoms with Crippen LogP contribution in [0.4, 0.5) is 17.1 Å². The van der Waals surface area contributed by atoms with Gasteiger partial charge in [-0.2, -0.15) is 0 Å². The number of anilines is 3. The van der Waals surface area contributed by atoms with Gasteiger partial charge in [-0.05, 0) is 91.0 Å². The molecule has 0 fully saturated rings. The number of pyridine rings is 1. The summed E-state index contributed by atoms with van der Waals surface area (Å²) in [5.41, 5.74) is 17.2. The van der Waals surface area contributed by atoms with Crippen LogP contribution in [0.25, 0.3) is 144 Å². The maximum Gasteiger partial charge on any atom is 0.165 e. The minimum Gasteiger partial charge on any atom is -0.310 e. The molecule has 0 saturated heterocycles. The Kier molecular flexibility index (Phi) is 11.4. The summed E-state index contributed by atoms with van der Waals surface area (Å²) in [6, 6.07) is 113. The van der Waals surface area contributed by atoms with Crippen molar-refractivity contribution >= 4 is 104 Å². The van der Waals surface area contributed by atoms with Gasteiger partial charge < -0.3 is 14.0 Å². The van der Waals surface area contributed by atoms with Gasteiger partial charge in [0, 0.05) is 71.3 Å². The average molecular weight is 1140 g/mol. The van der Waals surface area contributed by atoms with Crippen LogP contribution in [0.5, 0.6) is 0 Å². The highest BCUT2D eigenvalue weighted by Gasteiger charge is 2.34. The monoisotopic (exact) mass is 1140 g/mol. The van der Waals surface area contributed by atoms with Crippen LogP contribution in [0.15, 0.2) is 315 Å². The Balaban J connectivity index is 1.11. The van der Waals surface area contributed by atoms with Crippen molar-refractivity contribution in [3.8, 4) is 56.9 Å². The lowest BCUT2D eigenvalue weighted by Crippen LogP contribution is -2.17. The molecule has 0 atom stereocenters. The van der Waals surface area contributed by atoms with Crippen LogP contribution in [0.2, 0.25) is 0 Å². The van der Waals surface area contributed by atoms with Crippen molar-refractivity contribution in [2.24, 2.45) is 0 Å². The second kappa shape index (κ2) is 20.3.